The Bertz CT molecular complexity index is 446. The van der Waals surface area contributed by atoms with Crippen LogP contribution in [-0.2, 0) is 18.3 Å². The lowest BCUT2D eigenvalue weighted by atomic mass is 10.4. The Labute approximate surface area is 130 Å². The molecular weight excluding hydrogens is 299 g/mol. The molecule has 0 spiro atoms. The van der Waals surface area contributed by atoms with E-state index in [1.165, 1.54) is 0 Å². The molecule has 0 fully saturated rings. The molecule has 20 heavy (non-hydrogen) atoms. The molecule has 1 rings (SSSR count). The lowest BCUT2D eigenvalue weighted by Crippen LogP contribution is -2.39. The molecule has 114 valence electrons. The first-order chi connectivity index (χ1) is 9.60. The van der Waals surface area contributed by atoms with Crippen molar-refractivity contribution in [3.05, 3.63) is 21.9 Å². The highest BCUT2D eigenvalue weighted by atomic mass is 35.5. The van der Waals surface area contributed by atoms with Gasteiger partial charge >= 0.3 is 0 Å². The zero-order valence-corrected chi connectivity index (χ0v) is 13.7. The fourth-order valence-corrected chi connectivity index (χ4v) is 2.04. The van der Waals surface area contributed by atoms with Crippen LogP contribution in [0.1, 0.15) is 19.5 Å². The van der Waals surface area contributed by atoms with Crippen LogP contribution in [-0.4, -0.2) is 36.8 Å². The van der Waals surface area contributed by atoms with E-state index in [9.17, 15) is 0 Å². The van der Waals surface area contributed by atoms with E-state index in [0.29, 0.717) is 29.9 Å². The van der Waals surface area contributed by atoms with Crippen molar-refractivity contribution < 1.29 is 4.74 Å². The van der Waals surface area contributed by atoms with E-state index < -0.39 is 0 Å². The van der Waals surface area contributed by atoms with Crippen molar-refractivity contribution >= 4 is 29.2 Å². The predicted octanol–water partition coefficient (Wildman–Crippen LogP) is 2.42. The minimum atomic E-state index is 0.507. The average Bonchev–Trinajstić information content (AvgIpc) is 2.68. The van der Waals surface area contributed by atoms with Gasteiger partial charge in [0, 0.05) is 32.4 Å². The molecule has 0 aliphatic heterocycles. The average molecular weight is 321 g/mol. The van der Waals surface area contributed by atoms with Crippen molar-refractivity contribution in [2.24, 2.45) is 12.0 Å². The van der Waals surface area contributed by atoms with Crippen LogP contribution >= 0.6 is 23.2 Å². The molecule has 7 heteroatoms. The summed E-state index contributed by atoms with van der Waals surface area (Å²) in [6, 6.07) is 1.83. The van der Waals surface area contributed by atoms with Crippen molar-refractivity contribution in [1.29, 1.82) is 0 Å². The van der Waals surface area contributed by atoms with Gasteiger partial charge in [-0.3, -0.25) is 0 Å². The summed E-state index contributed by atoms with van der Waals surface area (Å²) in [5.41, 5.74) is 0.960. The second-order valence-corrected chi connectivity index (χ2v) is 4.92. The molecule has 0 atom stereocenters. The third kappa shape index (κ3) is 5.23. The summed E-state index contributed by atoms with van der Waals surface area (Å²) in [5.74, 6) is 0.751. The van der Waals surface area contributed by atoms with Gasteiger partial charge in [-0.1, -0.05) is 23.2 Å². The van der Waals surface area contributed by atoms with Crippen molar-refractivity contribution in [2.75, 3.05) is 26.3 Å². The lowest BCUT2D eigenvalue weighted by Gasteiger charge is -2.11. The van der Waals surface area contributed by atoms with Crippen LogP contribution in [0.15, 0.2) is 11.1 Å². The molecular formula is C13H22Cl2N4O. The van der Waals surface area contributed by atoms with Crippen molar-refractivity contribution in [1.82, 2.24) is 15.2 Å². The topological polar surface area (TPSA) is 50.6 Å². The van der Waals surface area contributed by atoms with E-state index in [-0.39, 0.29) is 0 Å². The van der Waals surface area contributed by atoms with Gasteiger partial charge in [-0.05, 0) is 19.9 Å². The summed E-state index contributed by atoms with van der Waals surface area (Å²) in [6.45, 7) is 7.40. The van der Waals surface area contributed by atoms with Gasteiger partial charge < -0.3 is 19.9 Å². The molecule has 1 aromatic heterocycles. The summed E-state index contributed by atoms with van der Waals surface area (Å²) in [4.78, 5) is 4.50. The normalized spacial score (nSPS) is 11.8. The molecule has 1 heterocycles. The smallest absolute Gasteiger partial charge is 0.191 e. The maximum atomic E-state index is 6.03. The summed E-state index contributed by atoms with van der Waals surface area (Å²) < 4.78 is 7.11. The molecule has 5 nitrogen and oxygen atoms in total. The van der Waals surface area contributed by atoms with Gasteiger partial charge in [0.1, 0.15) is 5.15 Å². The minimum absolute atomic E-state index is 0.507. The second-order valence-electron chi connectivity index (χ2n) is 4.15. The quantitative estimate of drug-likeness (QED) is 0.461. The molecule has 0 bridgehead atoms. The van der Waals surface area contributed by atoms with Gasteiger partial charge in [0.2, 0.25) is 0 Å². The highest BCUT2D eigenvalue weighted by molar-refractivity contribution is 6.41. The Morgan fingerprint density at radius 1 is 1.35 bits per heavy atom. The maximum Gasteiger partial charge on any atom is 0.191 e. The maximum absolute atomic E-state index is 6.03. The number of hydrogen-bond donors (Lipinski definition) is 2. The fourth-order valence-electron chi connectivity index (χ4n) is 1.63. The molecule has 0 amide bonds. The van der Waals surface area contributed by atoms with Gasteiger partial charge in [-0.15, -0.1) is 0 Å². The molecule has 2 N–H and O–H groups in total. The Kier molecular flexibility index (Phi) is 7.80. The van der Waals surface area contributed by atoms with Crippen LogP contribution in [0.3, 0.4) is 0 Å². The molecule has 0 aliphatic rings. The molecule has 0 saturated heterocycles. The number of aromatic nitrogens is 1. The lowest BCUT2D eigenvalue weighted by molar-refractivity contribution is 0.152. The highest BCUT2D eigenvalue weighted by Crippen LogP contribution is 2.25. The van der Waals surface area contributed by atoms with Crippen molar-refractivity contribution in [3.8, 4) is 0 Å². The molecule has 0 saturated carbocycles. The second kappa shape index (κ2) is 9.10. The Morgan fingerprint density at radius 2 is 2.10 bits per heavy atom. The molecule has 0 aromatic carbocycles. The van der Waals surface area contributed by atoms with Crippen LogP contribution in [0, 0.1) is 0 Å². The van der Waals surface area contributed by atoms with E-state index in [4.69, 9.17) is 27.9 Å². The van der Waals surface area contributed by atoms with E-state index in [1.54, 1.807) is 0 Å². The van der Waals surface area contributed by atoms with Gasteiger partial charge in [0.25, 0.3) is 0 Å². The molecule has 0 unspecified atom stereocenters. The van der Waals surface area contributed by atoms with E-state index in [0.717, 1.165) is 24.8 Å². The number of guanidine groups is 1. The number of nitrogens with one attached hydrogen (secondary N) is 2. The first-order valence-corrected chi connectivity index (χ1v) is 7.45. The van der Waals surface area contributed by atoms with Gasteiger partial charge in [0.15, 0.2) is 5.96 Å². The van der Waals surface area contributed by atoms with Crippen molar-refractivity contribution in [2.45, 2.75) is 20.4 Å². The number of hydrogen-bond acceptors (Lipinski definition) is 2. The first-order valence-electron chi connectivity index (χ1n) is 6.69. The van der Waals surface area contributed by atoms with E-state index in [2.05, 4.69) is 15.6 Å². The molecule has 0 radical (unpaired) electrons. The Hall–Kier alpha value is -0.910. The van der Waals surface area contributed by atoms with Crippen LogP contribution in [0.5, 0.6) is 0 Å². The third-order valence-electron chi connectivity index (χ3n) is 2.70. The third-order valence-corrected chi connectivity index (χ3v) is 3.54. The van der Waals surface area contributed by atoms with Crippen LogP contribution < -0.4 is 10.6 Å². The monoisotopic (exact) mass is 320 g/mol. The number of nitrogens with zero attached hydrogens (tertiary/aromatic N) is 2. The number of aliphatic imine (C=N–C) groups is 1. The first kappa shape index (κ1) is 17.1. The van der Waals surface area contributed by atoms with E-state index >= 15 is 0 Å². The van der Waals surface area contributed by atoms with Crippen LogP contribution in [0.2, 0.25) is 10.2 Å². The Morgan fingerprint density at radius 3 is 2.65 bits per heavy atom. The van der Waals surface area contributed by atoms with Crippen molar-refractivity contribution in [3.63, 3.8) is 0 Å². The van der Waals surface area contributed by atoms with Gasteiger partial charge in [-0.25, -0.2) is 4.99 Å². The molecule has 1 aromatic rings. The number of halogens is 2. The highest BCUT2D eigenvalue weighted by Gasteiger charge is 2.08. The zero-order valence-electron chi connectivity index (χ0n) is 12.2. The summed E-state index contributed by atoms with van der Waals surface area (Å²) >= 11 is 12.0. The SMILES string of the molecule is CCNC(=NCc1cc(Cl)c(Cl)n1C)NCCOCC. The standard InChI is InChI=1S/C13H22Cl2N4O/c1-4-16-13(17-6-7-20-5-2)18-9-10-8-11(14)12(15)19(10)3/h8H,4-7,9H2,1-3H3,(H2,16,17,18). The van der Waals surface area contributed by atoms with Gasteiger partial charge in [-0.2, -0.15) is 0 Å². The van der Waals surface area contributed by atoms with Crippen LogP contribution in [0.4, 0.5) is 0 Å². The van der Waals surface area contributed by atoms with Crippen LogP contribution in [0.25, 0.3) is 0 Å². The number of rotatable bonds is 7. The summed E-state index contributed by atoms with van der Waals surface area (Å²) in [6.07, 6.45) is 0. The predicted molar refractivity (Wildman–Crippen MR) is 84.7 cm³/mol. The fraction of sp³-hybridized carbons (Fsp3) is 0.615. The number of ether oxygens (including phenoxy) is 1. The largest absolute Gasteiger partial charge is 0.380 e. The summed E-state index contributed by atoms with van der Waals surface area (Å²) in [7, 11) is 1.87. The summed E-state index contributed by atoms with van der Waals surface area (Å²) in [5, 5.41) is 7.47. The zero-order chi connectivity index (χ0) is 15.0. The minimum Gasteiger partial charge on any atom is -0.380 e. The molecule has 0 aliphatic carbocycles. The van der Waals surface area contributed by atoms with E-state index in [1.807, 2.05) is 31.5 Å². The van der Waals surface area contributed by atoms with Gasteiger partial charge in [0.05, 0.1) is 18.2 Å². The Balaban J connectivity index is 2.59.